The quantitative estimate of drug-likeness (QED) is 0.890. The molecule has 1 fully saturated rings. The molecule has 0 bridgehead atoms. The Morgan fingerprint density at radius 1 is 1.45 bits per heavy atom. The van der Waals surface area contributed by atoms with Crippen LogP contribution >= 0.6 is 11.8 Å². The van der Waals surface area contributed by atoms with Gasteiger partial charge in [0, 0.05) is 35.9 Å². The van der Waals surface area contributed by atoms with Gasteiger partial charge in [-0.15, -0.1) is 0 Å². The van der Waals surface area contributed by atoms with Gasteiger partial charge in [-0.1, -0.05) is 20.8 Å². The number of anilines is 1. The number of aromatic nitrogens is 2. The zero-order valence-electron chi connectivity index (χ0n) is 12.3. The minimum Gasteiger partial charge on any atom is -0.323 e. The number of amides is 1. The Kier molecular flexibility index (Phi) is 4.99. The Bertz CT molecular complexity index is 449. The first-order valence-electron chi connectivity index (χ1n) is 6.88. The SMILES string of the molecule is CC(C)(C)c1ncc(NC(=O)CC2CSCCN2)cn1. The van der Waals surface area contributed by atoms with Crippen LogP contribution in [0.4, 0.5) is 5.69 Å². The van der Waals surface area contributed by atoms with Crippen LogP contribution in [-0.2, 0) is 10.2 Å². The third kappa shape index (κ3) is 4.45. The fraction of sp³-hybridized carbons (Fsp3) is 0.643. The number of carbonyl (C=O) groups excluding carboxylic acids is 1. The Hall–Kier alpha value is -1.14. The first kappa shape index (κ1) is 15.3. The van der Waals surface area contributed by atoms with Crippen molar-refractivity contribution >= 4 is 23.4 Å². The highest BCUT2D eigenvalue weighted by atomic mass is 32.2. The molecule has 0 radical (unpaired) electrons. The highest BCUT2D eigenvalue weighted by Gasteiger charge is 2.18. The molecule has 1 aliphatic rings. The monoisotopic (exact) mass is 294 g/mol. The summed E-state index contributed by atoms with van der Waals surface area (Å²) in [5.41, 5.74) is 0.581. The first-order chi connectivity index (χ1) is 9.45. The third-order valence-corrected chi connectivity index (χ3v) is 4.17. The number of carbonyl (C=O) groups is 1. The third-order valence-electron chi connectivity index (χ3n) is 3.04. The van der Waals surface area contributed by atoms with Crippen LogP contribution < -0.4 is 10.6 Å². The van der Waals surface area contributed by atoms with Crippen molar-refractivity contribution in [1.82, 2.24) is 15.3 Å². The predicted molar refractivity (Wildman–Crippen MR) is 83.1 cm³/mol. The van der Waals surface area contributed by atoms with Gasteiger partial charge in [-0.25, -0.2) is 9.97 Å². The zero-order valence-corrected chi connectivity index (χ0v) is 13.1. The fourth-order valence-electron chi connectivity index (χ4n) is 1.97. The lowest BCUT2D eigenvalue weighted by atomic mass is 9.96. The summed E-state index contributed by atoms with van der Waals surface area (Å²) in [5.74, 6) is 2.91. The van der Waals surface area contributed by atoms with Gasteiger partial charge in [-0.05, 0) is 0 Å². The van der Waals surface area contributed by atoms with E-state index < -0.39 is 0 Å². The van der Waals surface area contributed by atoms with E-state index >= 15 is 0 Å². The molecule has 0 aliphatic carbocycles. The lowest BCUT2D eigenvalue weighted by Crippen LogP contribution is -2.39. The van der Waals surface area contributed by atoms with E-state index in [-0.39, 0.29) is 17.4 Å². The average Bonchev–Trinajstić information content (AvgIpc) is 2.39. The molecule has 1 aromatic rings. The molecule has 0 aromatic carbocycles. The van der Waals surface area contributed by atoms with Crippen LogP contribution in [0.2, 0.25) is 0 Å². The van der Waals surface area contributed by atoms with Gasteiger partial charge in [0.1, 0.15) is 5.82 Å². The Morgan fingerprint density at radius 2 is 2.15 bits per heavy atom. The molecule has 0 saturated carbocycles. The number of nitrogens with zero attached hydrogens (tertiary/aromatic N) is 2. The number of hydrogen-bond donors (Lipinski definition) is 2. The van der Waals surface area contributed by atoms with Crippen LogP contribution in [0.25, 0.3) is 0 Å². The Morgan fingerprint density at radius 3 is 2.70 bits per heavy atom. The molecule has 2 rings (SSSR count). The van der Waals surface area contributed by atoms with Gasteiger partial charge in [-0.2, -0.15) is 11.8 Å². The summed E-state index contributed by atoms with van der Waals surface area (Å²) < 4.78 is 0. The van der Waals surface area contributed by atoms with Crippen molar-refractivity contribution in [3.8, 4) is 0 Å². The molecule has 20 heavy (non-hydrogen) atoms. The molecule has 1 saturated heterocycles. The molecule has 1 atom stereocenters. The summed E-state index contributed by atoms with van der Waals surface area (Å²) in [6, 6.07) is 0.267. The van der Waals surface area contributed by atoms with Gasteiger partial charge in [0.2, 0.25) is 5.91 Å². The summed E-state index contributed by atoms with van der Waals surface area (Å²) in [4.78, 5) is 20.6. The van der Waals surface area contributed by atoms with Crippen molar-refractivity contribution in [3.63, 3.8) is 0 Å². The largest absolute Gasteiger partial charge is 0.323 e. The molecule has 2 heterocycles. The smallest absolute Gasteiger partial charge is 0.226 e. The number of hydrogen-bond acceptors (Lipinski definition) is 5. The van der Waals surface area contributed by atoms with E-state index in [1.165, 1.54) is 0 Å². The highest BCUT2D eigenvalue weighted by molar-refractivity contribution is 7.99. The van der Waals surface area contributed by atoms with E-state index in [0.717, 1.165) is 23.9 Å². The summed E-state index contributed by atoms with van der Waals surface area (Å²) in [6.45, 7) is 7.17. The van der Waals surface area contributed by atoms with Gasteiger partial charge in [-0.3, -0.25) is 4.79 Å². The van der Waals surface area contributed by atoms with Gasteiger partial charge in [0.15, 0.2) is 0 Å². The number of thioether (sulfide) groups is 1. The van der Waals surface area contributed by atoms with E-state index in [4.69, 9.17) is 0 Å². The van der Waals surface area contributed by atoms with Crippen molar-refractivity contribution < 1.29 is 4.79 Å². The van der Waals surface area contributed by atoms with Gasteiger partial charge >= 0.3 is 0 Å². The molecular formula is C14H22N4OS. The standard InChI is InChI=1S/C14H22N4OS/c1-14(2,3)13-16-7-11(8-17-13)18-12(19)6-10-9-20-5-4-15-10/h7-8,10,15H,4-6,9H2,1-3H3,(H,18,19). The van der Waals surface area contributed by atoms with Crippen LogP contribution in [0.3, 0.4) is 0 Å². The highest BCUT2D eigenvalue weighted by Crippen LogP contribution is 2.18. The van der Waals surface area contributed by atoms with Crippen molar-refractivity contribution in [3.05, 3.63) is 18.2 Å². The van der Waals surface area contributed by atoms with Gasteiger partial charge in [0.25, 0.3) is 0 Å². The summed E-state index contributed by atoms with van der Waals surface area (Å²) in [7, 11) is 0. The number of nitrogens with one attached hydrogen (secondary N) is 2. The lowest BCUT2D eigenvalue weighted by molar-refractivity contribution is -0.116. The first-order valence-corrected chi connectivity index (χ1v) is 8.04. The van der Waals surface area contributed by atoms with Gasteiger partial charge < -0.3 is 10.6 Å². The Labute approximate surface area is 124 Å². The van der Waals surface area contributed by atoms with Crippen LogP contribution in [0.1, 0.15) is 33.0 Å². The van der Waals surface area contributed by atoms with Crippen LogP contribution in [0.15, 0.2) is 12.4 Å². The fourth-order valence-corrected chi connectivity index (χ4v) is 2.92. The second kappa shape index (κ2) is 6.54. The minimum atomic E-state index is -0.0776. The van der Waals surface area contributed by atoms with E-state index in [9.17, 15) is 4.79 Å². The molecule has 5 nitrogen and oxygen atoms in total. The molecule has 1 unspecified atom stereocenters. The molecule has 1 amide bonds. The van der Waals surface area contributed by atoms with E-state index in [2.05, 4.69) is 41.4 Å². The zero-order chi connectivity index (χ0) is 14.6. The maximum Gasteiger partial charge on any atom is 0.226 e. The summed E-state index contributed by atoms with van der Waals surface area (Å²) in [5, 5.41) is 6.21. The van der Waals surface area contributed by atoms with Crippen molar-refractivity contribution in [2.75, 3.05) is 23.4 Å². The molecule has 0 spiro atoms. The molecule has 1 aliphatic heterocycles. The normalized spacial score (nSPS) is 19.6. The van der Waals surface area contributed by atoms with Crippen molar-refractivity contribution in [2.24, 2.45) is 0 Å². The molecule has 2 N–H and O–H groups in total. The average molecular weight is 294 g/mol. The summed E-state index contributed by atoms with van der Waals surface area (Å²) >= 11 is 1.89. The maximum atomic E-state index is 11.9. The molecule has 110 valence electrons. The van der Waals surface area contributed by atoms with E-state index in [1.807, 2.05) is 11.8 Å². The van der Waals surface area contributed by atoms with Crippen LogP contribution in [-0.4, -0.2) is 40.0 Å². The topological polar surface area (TPSA) is 66.9 Å². The second-order valence-electron chi connectivity index (χ2n) is 6.02. The van der Waals surface area contributed by atoms with Crippen molar-refractivity contribution in [1.29, 1.82) is 0 Å². The Balaban J connectivity index is 1.87. The lowest BCUT2D eigenvalue weighted by Gasteiger charge is -2.22. The van der Waals surface area contributed by atoms with Crippen molar-refractivity contribution in [2.45, 2.75) is 38.6 Å². The summed E-state index contributed by atoms with van der Waals surface area (Å²) in [6.07, 6.45) is 3.84. The van der Waals surface area contributed by atoms with Crippen LogP contribution in [0.5, 0.6) is 0 Å². The molecular weight excluding hydrogens is 272 g/mol. The van der Waals surface area contributed by atoms with Crippen LogP contribution in [0, 0.1) is 0 Å². The predicted octanol–water partition coefficient (Wildman–Crippen LogP) is 1.81. The van der Waals surface area contributed by atoms with E-state index in [0.29, 0.717) is 12.1 Å². The van der Waals surface area contributed by atoms with Gasteiger partial charge in [0.05, 0.1) is 18.1 Å². The second-order valence-corrected chi connectivity index (χ2v) is 7.17. The van der Waals surface area contributed by atoms with E-state index in [1.54, 1.807) is 12.4 Å². The number of rotatable bonds is 3. The maximum absolute atomic E-state index is 11.9. The molecule has 6 heteroatoms. The minimum absolute atomic E-state index is 0.0112. The molecule has 1 aromatic heterocycles.